The molecule has 8 nitrogen and oxygen atoms in total. The number of nitrogens with zero attached hydrogens (tertiary/aromatic N) is 3. The second-order valence-electron chi connectivity index (χ2n) is 8.30. The number of hydrogen-bond acceptors (Lipinski definition) is 7. The van der Waals surface area contributed by atoms with Crippen LogP contribution in [0.5, 0.6) is 5.75 Å². The van der Waals surface area contributed by atoms with E-state index in [9.17, 15) is 4.79 Å². The average Bonchev–Trinajstić information content (AvgIpc) is 3.61. The highest BCUT2D eigenvalue weighted by molar-refractivity contribution is 6.32. The third kappa shape index (κ3) is 4.78. The van der Waals surface area contributed by atoms with Crippen LogP contribution >= 0.6 is 11.6 Å². The van der Waals surface area contributed by atoms with Crippen LogP contribution in [0.2, 0.25) is 5.02 Å². The number of hydrogen-bond donors (Lipinski definition) is 1. The average molecular weight is 481 g/mol. The summed E-state index contributed by atoms with van der Waals surface area (Å²) < 4.78 is 13.4. The number of fused-ring (bicyclic) bond motifs is 1. The second kappa shape index (κ2) is 9.87. The highest BCUT2D eigenvalue weighted by Crippen LogP contribution is 2.33. The molecular formula is C25H25ClN4O4. The van der Waals surface area contributed by atoms with Gasteiger partial charge < -0.3 is 14.1 Å². The standard InChI is InChI=1S/C25H25ClN4O4/c1-2-23(31)33-27-15-16-7-9-21-17(13-16)11-12-30(21)25-28-24(34-29-25)18-8-10-22(20(26)14-18)32-19-5-3-4-6-19/h7-14,19,27H,2-6,15H2,1H3. The Morgan fingerprint density at radius 1 is 1.21 bits per heavy atom. The SMILES string of the molecule is CCC(=O)ONCc1ccc2c(ccn2-c2noc(-c3ccc(OC4CCCC4)c(Cl)c3)n2)c1. The fourth-order valence-electron chi connectivity index (χ4n) is 4.09. The fourth-order valence-corrected chi connectivity index (χ4v) is 4.32. The molecule has 0 atom stereocenters. The highest BCUT2D eigenvalue weighted by atomic mass is 35.5. The number of rotatable bonds is 8. The normalized spacial score (nSPS) is 14.1. The number of halogens is 1. The third-order valence-electron chi connectivity index (χ3n) is 5.91. The Kier molecular flexibility index (Phi) is 6.51. The Morgan fingerprint density at radius 2 is 2.06 bits per heavy atom. The largest absolute Gasteiger partial charge is 0.489 e. The summed E-state index contributed by atoms with van der Waals surface area (Å²) in [6.07, 6.45) is 6.99. The molecule has 34 heavy (non-hydrogen) atoms. The molecule has 2 aromatic heterocycles. The van der Waals surface area contributed by atoms with E-state index in [0.717, 1.165) is 34.9 Å². The number of nitrogens with one attached hydrogen (secondary N) is 1. The van der Waals surface area contributed by atoms with Crippen molar-refractivity contribution in [2.24, 2.45) is 0 Å². The zero-order chi connectivity index (χ0) is 23.5. The van der Waals surface area contributed by atoms with E-state index in [1.807, 2.05) is 47.2 Å². The molecule has 2 heterocycles. The Bertz CT molecular complexity index is 1310. The predicted molar refractivity (Wildman–Crippen MR) is 128 cm³/mol. The number of carbonyl (C=O) groups excluding carboxylic acids is 1. The van der Waals surface area contributed by atoms with Gasteiger partial charge in [-0.05, 0) is 72.8 Å². The van der Waals surface area contributed by atoms with Gasteiger partial charge in [0.05, 0.1) is 23.2 Å². The zero-order valence-electron chi connectivity index (χ0n) is 18.8. The van der Waals surface area contributed by atoms with Gasteiger partial charge in [0.1, 0.15) is 5.75 Å². The van der Waals surface area contributed by atoms with E-state index in [1.54, 1.807) is 13.0 Å². The van der Waals surface area contributed by atoms with Crippen LogP contribution in [-0.4, -0.2) is 26.8 Å². The maximum atomic E-state index is 11.3. The summed E-state index contributed by atoms with van der Waals surface area (Å²) >= 11 is 6.47. The Hall–Kier alpha value is -3.36. The summed E-state index contributed by atoms with van der Waals surface area (Å²) in [6, 6.07) is 13.4. The molecule has 0 unspecified atom stereocenters. The maximum Gasteiger partial charge on any atom is 0.324 e. The predicted octanol–water partition coefficient (Wildman–Crippen LogP) is 5.61. The van der Waals surface area contributed by atoms with Crippen LogP contribution in [-0.2, 0) is 16.2 Å². The quantitative estimate of drug-likeness (QED) is 0.327. The molecule has 2 aromatic carbocycles. The van der Waals surface area contributed by atoms with Crippen LogP contribution in [0.15, 0.2) is 53.2 Å². The zero-order valence-corrected chi connectivity index (χ0v) is 19.5. The van der Waals surface area contributed by atoms with Crippen LogP contribution in [0.1, 0.15) is 44.6 Å². The van der Waals surface area contributed by atoms with Crippen molar-refractivity contribution < 1.29 is 18.9 Å². The van der Waals surface area contributed by atoms with Gasteiger partial charge in [-0.3, -0.25) is 9.36 Å². The molecule has 1 N–H and O–H groups in total. The Morgan fingerprint density at radius 3 is 2.85 bits per heavy atom. The van der Waals surface area contributed by atoms with Crippen molar-refractivity contribution in [2.75, 3.05) is 0 Å². The maximum absolute atomic E-state index is 11.3. The topological polar surface area (TPSA) is 91.4 Å². The summed E-state index contributed by atoms with van der Waals surface area (Å²) in [5.41, 5.74) is 5.33. The molecule has 1 aliphatic rings. The molecule has 0 bridgehead atoms. The van der Waals surface area contributed by atoms with E-state index < -0.39 is 0 Å². The van der Waals surface area contributed by atoms with E-state index >= 15 is 0 Å². The minimum atomic E-state index is -0.294. The van der Waals surface area contributed by atoms with Crippen LogP contribution in [0, 0.1) is 0 Å². The molecule has 0 radical (unpaired) electrons. The van der Waals surface area contributed by atoms with E-state index in [0.29, 0.717) is 35.6 Å². The molecule has 1 aliphatic carbocycles. The van der Waals surface area contributed by atoms with Crippen LogP contribution < -0.4 is 10.2 Å². The minimum absolute atomic E-state index is 0.239. The van der Waals surface area contributed by atoms with Gasteiger partial charge in [0.25, 0.3) is 11.8 Å². The summed E-state index contributed by atoms with van der Waals surface area (Å²) in [5, 5.41) is 5.69. The second-order valence-corrected chi connectivity index (χ2v) is 8.70. The van der Waals surface area contributed by atoms with Gasteiger partial charge in [0.15, 0.2) is 0 Å². The first-order valence-electron chi connectivity index (χ1n) is 11.4. The van der Waals surface area contributed by atoms with Gasteiger partial charge in [-0.15, -0.1) is 5.48 Å². The molecular weight excluding hydrogens is 456 g/mol. The van der Waals surface area contributed by atoms with Crippen LogP contribution in [0.3, 0.4) is 0 Å². The summed E-state index contributed by atoms with van der Waals surface area (Å²) in [5.74, 6) is 1.19. The monoisotopic (exact) mass is 480 g/mol. The van der Waals surface area contributed by atoms with Crippen molar-refractivity contribution in [3.8, 4) is 23.2 Å². The summed E-state index contributed by atoms with van der Waals surface area (Å²) in [7, 11) is 0. The van der Waals surface area contributed by atoms with Crippen molar-refractivity contribution in [1.82, 2.24) is 20.2 Å². The van der Waals surface area contributed by atoms with E-state index in [-0.39, 0.29) is 12.1 Å². The van der Waals surface area contributed by atoms with Crippen molar-refractivity contribution in [1.29, 1.82) is 0 Å². The number of ether oxygens (including phenoxy) is 1. The molecule has 0 aliphatic heterocycles. The highest BCUT2D eigenvalue weighted by Gasteiger charge is 2.19. The van der Waals surface area contributed by atoms with E-state index in [4.69, 9.17) is 25.7 Å². The van der Waals surface area contributed by atoms with Crippen molar-refractivity contribution in [2.45, 2.75) is 51.7 Å². The van der Waals surface area contributed by atoms with Crippen molar-refractivity contribution >= 4 is 28.5 Å². The van der Waals surface area contributed by atoms with Gasteiger partial charge >= 0.3 is 5.97 Å². The minimum Gasteiger partial charge on any atom is -0.489 e. The number of benzene rings is 2. The lowest BCUT2D eigenvalue weighted by Gasteiger charge is -2.14. The molecule has 9 heteroatoms. The first-order chi connectivity index (χ1) is 16.6. The lowest BCUT2D eigenvalue weighted by atomic mass is 10.1. The van der Waals surface area contributed by atoms with Gasteiger partial charge in [0, 0.05) is 23.6 Å². The van der Waals surface area contributed by atoms with Gasteiger partial charge in [-0.1, -0.05) is 24.6 Å². The van der Waals surface area contributed by atoms with Crippen LogP contribution in [0.25, 0.3) is 28.3 Å². The first kappa shape index (κ1) is 22.4. The molecule has 1 fully saturated rings. The van der Waals surface area contributed by atoms with Gasteiger partial charge in [0.2, 0.25) is 0 Å². The van der Waals surface area contributed by atoms with Crippen molar-refractivity contribution in [3.63, 3.8) is 0 Å². The molecule has 0 spiro atoms. The van der Waals surface area contributed by atoms with E-state index in [1.165, 1.54) is 12.8 Å². The Labute approximate surface area is 201 Å². The number of carbonyl (C=O) groups is 1. The van der Waals surface area contributed by atoms with Gasteiger partial charge in [-0.25, -0.2) is 0 Å². The third-order valence-corrected chi connectivity index (χ3v) is 6.21. The summed E-state index contributed by atoms with van der Waals surface area (Å²) in [6.45, 7) is 2.16. The first-order valence-corrected chi connectivity index (χ1v) is 11.8. The molecule has 5 rings (SSSR count). The fraction of sp³-hybridized carbons (Fsp3) is 0.320. The molecule has 0 amide bonds. The lowest BCUT2D eigenvalue weighted by molar-refractivity contribution is -0.151. The smallest absolute Gasteiger partial charge is 0.324 e. The lowest BCUT2D eigenvalue weighted by Crippen LogP contribution is -2.18. The Balaban J connectivity index is 1.31. The van der Waals surface area contributed by atoms with E-state index in [2.05, 4.69) is 15.6 Å². The molecule has 4 aromatic rings. The van der Waals surface area contributed by atoms with Crippen molar-refractivity contribution in [3.05, 3.63) is 59.2 Å². The molecule has 0 saturated heterocycles. The number of aromatic nitrogens is 3. The van der Waals surface area contributed by atoms with Crippen LogP contribution in [0.4, 0.5) is 0 Å². The summed E-state index contributed by atoms with van der Waals surface area (Å²) in [4.78, 5) is 20.8. The molecule has 1 saturated carbocycles. The molecule has 176 valence electrons. The number of hydroxylamine groups is 1. The van der Waals surface area contributed by atoms with Gasteiger partial charge in [-0.2, -0.15) is 4.98 Å².